The Morgan fingerprint density at radius 3 is 2.85 bits per heavy atom. The lowest BCUT2D eigenvalue weighted by Gasteiger charge is -2.33. The van der Waals surface area contributed by atoms with Gasteiger partial charge in [0.05, 0.1) is 11.6 Å². The van der Waals surface area contributed by atoms with Crippen molar-refractivity contribution in [2.75, 3.05) is 18.0 Å². The van der Waals surface area contributed by atoms with Crippen LogP contribution in [0.1, 0.15) is 29.5 Å². The van der Waals surface area contributed by atoms with Crippen molar-refractivity contribution < 1.29 is 4.79 Å². The van der Waals surface area contributed by atoms with Gasteiger partial charge in [0.15, 0.2) is 5.82 Å². The van der Waals surface area contributed by atoms with E-state index in [0.29, 0.717) is 18.1 Å². The summed E-state index contributed by atoms with van der Waals surface area (Å²) < 4.78 is 1.88. The molecule has 0 saturated carbocycles. The van der Waals surface area contributed by atoms with Crippen molar-refractivity contribution in [1.82, 2.24) is 19.9 Å². The Balaban J connectivity index is 1.34. The topological polar surface area (TPSA) is 62.5 Å². The Bertz CT molecular complexity index is 1350. The Morgan fingerprint density at radius 2 is 2.03 bits per heavy atom. The predicted molar refractivity (Wildman–Crippen MR) is 136 cm³/mol. The summed E-state index contributed by atoms with van der Waals surface area (Å²) in [5, 5.41) is 8.55. The zero-order valence-electron chi connectivity index (χ0n) is 19.5. The minimum Gasteiger partial charge on any atom is -0.354 e. The highest BCUT2D eigenvalue weighted by molar-refractivity contribution is 6.30. The van der Waals surface area contributed by atoms with E-state index in [1.807, 2.05) is 35.0 Å². The summed E-state index contributed by atoms with van der Waals surface area (Å²) >= 11 is 6.07. The van der Waals surface area contributed by atoms with Gasteiger partial charge >= 0.3 is 0 Å². The molecule has 0 radical (unpaired) electrons. The third kappa shape index (κ3) is 4.64. The minimum absolute atomic E-state index is 0.0703. The molecule has 34 heavy (non-hydrogen) atoms. The number of fused-ring (bicyclic) bond motifs is 1. The van der Waals surface area contributed by atoms with E-state index in [9.17, 15) is 4.79 Å². The van der Waals surface area contributed by atoms with Crippen LogP contribution >= 0.6 is 11.6 Å². The number of hydrogen-bond acceptors (Lipinski definition) is 4. The van der Waals surface area contributed by atoms with Gasteiger partial charge in [-0.3, -0.25) is 4.79 Å². The van der Waals surface area contributed by atoms with Crippen LogP contribution in [-0.4, -0.2) is 33.6 Å². The first-order valence-electron chi connectivity index (χ1n) is 11.7. The van der Waals surface area contributed by atoms with Crippen molar-refractivity contribution in [3.8, 4) is 11.3 Å². The van der Waals surface area contributed by atoms with Gasteiger partial charge in [-0.05, 0) is 67.6 Å². The van der Waals surface area contributed by atoms with Crippen LogP contribution in [0.5, 0.6) is 0 Å². The highest BCUT2D eigenvalue weighted by atomic mass is 35.5. The van der Waals surface area contributed by atoms with E-state index in [1.54, 1.807) is 6.20 Å². The number of nitrogens with one attached hydrogen (secondary N) is 1. The van der Waals surface area contributed by atoms with Crippen LogP contribution in [0.2, 0.25) is 5.02 Å². The maximum absolute atomic E-state index is 12.9. The van der Waals surface area contributed by atoms with Crippen LogP contribution in [0.4, 0.5) is 5.82 Å². The highest BCUT2D eigenvalue weighted by Gasteiger charge is 2.27. The molecule has 0 aliphatic carbocycles. The third-order valence-corrected chi connectivity index (χ3v) is 6.85. The third-order valence-electron chi connectivity index (χ3n) is 6.62. The van der Waals surface area contributed by atoms with Crippen molar-refractivity contribution in [3.05, 3.63) is 82.6 Å². The van der Waals surface area contributed by atoms with Crippen molar-refractivity contribution in [2.24, 2.45) is 5.92 Å². The Kier molecular flexibility index (Phi) is 6.24. The molecule has 7 heteroatoms. The molecule has 1 N–H and O–H groups in total. The molecular weight excluding hydrogens is 446 g/mol. The summed E-state index contributed by atoms with van der Waals surface area (Å²) in [6, 6.07) is 16.1. The number of nitrogens with zero attached hydrogens (tertiary/aromatic N) is 4. The predicted octanol–water partition coefficient (Wildman–Crippen LogP) is 5.20. The number of amides is 1. The quantitative estimate of drug-likeness (QED) is 0.432. The number of rotatable bonds is 5. The average molecular weight is 474 g/mol. The van der Waals surface area contributed by atoms with Gasteiger partial charge in [-0.2, -0.15) is 5.10 Å². The van der Waals surface area contributed by atoms with Crippen molar-refractivity contribution in [3.63, 3.8) is 0 Å². The number of anilines is 1. The van der Waals surface area contributed by atoms with E-state index in [-0.39, 0.29) is 11.8 Å². The fourth-order valence-corrected chi connectivity index (χ4v) is 4.77. The van der Waals surface area contributed by atoms with Crippen LogP contribution < -0.4 is 10.2 Å². The fourth-order valence-electron chi connectivity index (χ4n) is 4.56. The normalized spacial score (nSPS) is 16.1. The molecule has 1 atom stereocenters. The first-order chi connectivity index (χ1) is 16.5. The molecule has 0 spiro atoms. The van der Waals surface area contributed by atoms with Crippen LogP contribution in [-0.2, 0) is 11.3 Å². The number of carbonyl (C=O) groups excluding carboxylic acids is 1. The monoisotopic (exact) mass is 473 g/mol. The van der Waals surface area contributed by atoms with Crippen molar-refractivity contribution in [1.29, 1.82) is 0 Å². The van der Waals surface area contributed by atoms with E-state index in [0.717, 1.165) is 47.5 Å². The lowest BCUT2D eigenvalue weighted by Crippen LogP contribution is -2.43. The molecule has 2 aromatic carbocycles. The zero-order chi connectivity index (χ0) is 23.7. The van der Waals surface area contributed by atoms with E-state index >= 15 is 0 Å². The second-order valence-electron chi connectivity index (χ2n) is 9.04. The number of carbonyl (C=O) groups is 1. The van der Waals surface area contributed by atoms with Gasteiger partial charge in [0.25, 0.3) is 0 Å². The molecule has 1 aliphatic heterocycles. The molecule has 0 bridgehead atoms. The van der Waals surface area contributed by atoms with Crippen LogP contribution in [0.3, 0.4) is 0 Å². The maximum Gasteiger partial charge on any atom is 0.225 e. The fraction of sp³-hybridized carbons (Fsp3) is 0.296. The summed E-state index contributed by atoms with van der Waals surface area (Å²) in [5.41, 5.74) is 6.48. The zero-order valence-corrected chi connectivity index (χ0v) is 20.2. The Labute approximate surface area is 204 Å². The molecule has 174 valence electrons. The summed E-state index contributed by atoms with van der Waals surface area (Å²) in [7, 11) is 0. The maximum atomic E-state index is 12.9. The lowest BCUT2D eigenvalue weighted by atomic mass is 9.97. The summed E-state index contributed by atoms with van der Waals surface area (Å²) in [6.07, 6.45) is 5.47. The number of halogens is 1. The molecule has 4 aromatic rings. The number of hydrogen-bond donors (Lipinski definition) is 1. The smallest absolute Gasteiger partial charge is 0.225 e. The van der Waals surface area contributed by atoms with Gasteiger partial charge in [0.2, 0.25) is 5.91 Å². The van der Waals surface area contributed by atoms with Gasteiger partial charge in [-0.15, -0.1) is 0 Å². The Morgan fingerprint density at radius 1 is 1.15 bits per heavy atom. The van der Waals surface area contributed by atoms with E-state index in [2.05, 4.69) is 53.3 Å². The molecule has 0 unspecified atom stereocenters. The molecule has 1 aliphatic rings. The number of benzene rings is 2. The van der Waals surface area contributed by atoms with Crippen molar-refractivity contribution >= 4 is 28.8 Å². The van der Waals surface area contributed by atoms with Gasteiger partial charge in [-0.25, -0.2) is 9.50 Å². The first-order valence-corrected chi connectivity index (χ1v) is 12.0. The molecule has 5 rings (SSSR count). The van der Waals surface area contributed by atoms with Gasteiger partial charge in [0.1, 0.15) is 5.52 Å². The first kappa shape index (κ1) is 22.4. The number of aromatic nitrogens is 3. The summed E-state index contributed by atoms with van der Waals surface area (Å²) in [6.45, 7) is 6.22. The second-order valence-corrected chi connectivity index (χ2v) is 9.48. The molecule has 1 fully saturated rings. The van der Waals surface area contributed by atoms with Gasteiger partial charge < -0.3 is 10.2 Å². The molecular formula is C27H28ClN5O. The van der Waals surface area contributed by atoms with Gasteiger partial charge in [-0.1, -0.05) is 35.9 Å². The van der Waals surface area contributed by atoms with Crippen LogP contribution in [0.15, 0.2) is 60.9 Å². The van der Waals surface area contributed by atoms with Crippen LogP contribution in [0.25, 0.3) is 16.8 Å². The molecule has 6 nitrogen and oxygen atoms in total. The number of aryl methyl sites for hydroxylation is 2. The average Bonchev–Trinajstić information content (AvgIpc) is 3.29. The SMILES string of the molecule is Cc1ccc(-c2cc3c(N4CCC[C@@H](C(=O)NCc5cccc(Cl)c5)C4)nccn3n2)cc1C. The largest absolute Gasteiger partial charge is 0.354 e. The lowest BCUT2D eigenvalue weighted by molar-refractivity contribution is -0.125. The van der Waals surface area contributed by atoms with E-state index < -0.39 is 0 Å². The summed E-state index contributed by atoms with van der Waals surface area (Å²) in [5.74, 6) is 0.857. The van der Waals surface area contributed by atoms with E-state index in [1.165, 1.54) is 11.1 Å². The number of piperidine rings is 1. The summed E-state index contributed by atoms with van der Waals surface area (Å²) in [4.78, 5) is 19.8. The molecule has 3 heterocycles. The Hall–Kier alpha value is -3.38. The van der Waals surface area contributed by atoms with Gasteiger partial charge in [0, 0.05) is 42.6 Å². The van der Waals surface area contributed by atoms with Crippen LogP contribution in [0, 0.1) is 19.8 Å². The van der Waals surface area contributed by atoms with E-state index in [4.69, 9.17) is 16.7 Å². The minimum atomic E-state index is -0.0860. The standard InChI is InChI=1S/C27H28ClN5O/c1-18-8-9-21(13-19(18)2)24-15-25-26(29-10-12-33(25)31-24)32-11-4-6-22(17-32)27(34)30-16-20-5-3-7-23(28)14-20/h3,5,7-10,12-15,22H,4,6,11,16-17H2,1-2H3,(H,30,34)/t22-/m1/s1. The highest BCUT2D eigenvalue weighted by Crippen LogP contribution is 2.29. The molecule has 1 saturated heterocycles. The second kappa shape index (κ2) is 9.47. The van der Waals surface area contributed by atoms with Crippen molar-refractivity contribution in [2.45, 2.75) is 33.2 Å². The molecule has 1 amide bonds. The molecule has 2 aromatic heterocycles.